The van der Waals surface area contributed by atoms with Gasteiger partial charge in [0.1, 0.15) is 5.82 Å². The molecule has 7 heteroatoms. The summed E-state index contributed by atoms with van der Waals surface area (Å²) in [6.07, 6.45) is 0.772. The molecule has 2 aromatic heterocycles. The summed E-state index contributed by atoms with van der Waals surface area (Å²) < 4.78 is 2.08. The molecule has 1 N–H and O–H groups in total. The fourth-order valence-corrected chi connectivity index (χ4v) is 4.11. The van der Waals surface area contributed by atoms with E-state index in [0.29, 0.717) is 5.75 Å². The van der Waals surface area contributed by atoms with Crippen molar-refractivity contribution in [1.29, 1.82) is 0 Å². The number of anilines is 1. The van der Waals surface area contributed by atoms with E-state index in [1.165, 1.54) is 27.8 Å². The Kier molecular flexibility index (Phi) is 6.11. The Morgan fingerprint density at radius 2 is 2.08 bits per heavy atom. The molecular weight excluding hydrogens is 364 g/mol. The minimum absolute atomic E-state index is 0.0382. The van der Waals surface area contributed by atoms with E-state index >= 15 is 0 Å². The zero-order valence-electron chi connectivity index (χ0n) is 15.2. The summed E-state index contributed by atoms with van der Waals surface area (Å²) in [6.45, 7) is 6.95. The van der Waals surface area contributed by atoms with Crippen LogP contribution in [0.1, 0.15) is 28.8 Å². The maximum Gasteiger partial charge on any atom is 0.234 e. The van der Waals surface area contributed by atoms with E-state index < -0.39 is 0 Å². The summed E-state index contributed by atoms with van der Waals surface area (Å²) in [5.41, 5.74) is 3.21. The smallest absolute Gasteiger partial charge is 0.234 e. The van der Waals surface area contributed by atoms with E-state index in [-0.39, 0.29) is 5.91 Å². The van der Waals surface area contributed by atoms with Gasteiger partial charge in [-0.2, -0.15) is 0 Å². The monoisotopic (exact) mass is 386 g/mol. The molecule has 0 bridgehead atoms. The van der Waals surface area contributed by atoms with Gasteiger partial charge in [0.05, 0.1) is 5.75 Å². The Morgan fingerprint density at radius 1 is 1.23 bits per heavy atom. The molecule has 1 amide bonds. The molecule has 3 rings (SSSR count). The Hall–Kier alpha value is -2.12. The third-order valence-electron chi connectivity index (χ3n) is 4.15. The van der Waals surface area contributed by atoms with Crippen molar-refractivity contribution < 1.29 is 4.79 Å². The lowest BCUT2D eigenvalue weighted by molar-refractivity contribution is -0.113. The Balaban J connectivity index is 1.61. The van der Waals surface area contributed by atoms with Crippen molar-refractivity contribution in [3.05, 3.63) is 57.5 Å². The molecule has 2 heterocycles. The molecule has 0 unspecified atom stereocenters. The number of benzene rings is 1. The number of aromatic nitrogens is 3. The zero-order valence-corrected chi connectivity index (χ0v) is 16.8. The normalized spacial score (nSPS) is 10.9. The van der Waals surface area contributed by atoms with Crippen LogP contribution in [0.25, 0.3) is 0 Å². The van der Waals surface area contributed by atoms with Crippen molar-refractivity contribution in [1.82, 2.24) is 14.8 Å². The molecule has 0 spiro atoms. The summed E-state index contributed by atoms with van der Waals surface area (Å²) in [7, 11) is 0. The molecule has 136 valence electrons. The van der Waals surface area contributed by atoms with Gasteiger partial charge in [0.25, 0.3) is 0 Å². The van der Waals surface area contributed by atoms with E-state index in [0.717, 1.165) is 29.6 Å². The quantitative estimate of drug-likeness (QED) is 0.615. The van der Waals surface area contributed by atoms with Crippen molar-refractivity contribution in [2.75, 3.05) is 11.1 Å². The van der Waals surface area contributed by atoms with E-state index in [9.17, 15) is 4.79 Å². The molecular formula is C19H22N4OS2. The van der Waals surface area contributed by atoms with Gasteiger partial charge in [-0.3, -0.25) is 4.79 Å². The average molecular weight is 387 g/mol. The van der Waals surface area contributed by atoms with Crippen LogP contribution in [0.5, 0.6) is 0 Å². The minimum Gasteiger partial charge on any atom is -0.325 e. The van der Waals surface area contributed by atoms with Gasteiger partial charge in [-0.05, 0) is 55.5 Å². The Morgan fingerprint density at radius 3 is 2.77 bits per heavy atom. The standard InChI is InChI=1S/C19H22N4OS2/c1-4-23-17(11-16-6-5-9-25-16)21-22-19(23)26-12-18(24)20-15-8-7-13(2)14(3)10-15/h5-10H,4,11-12H2,1-3H3,(H,20,24). The molecule has 0 aliphatic rings. The first-order valence-corrected chi connectivity index (χ1v) is 10.4. The van der Waals surface area contributed by atoms with Gasteiger partial charge in [-0.1, -0.05) is 23.9 Å². The van der Waals surface area contributed by atoms with Crippen molar-refractivity contribution in [2.24, 2.45) is 0 Å². The number of carbonyl (C=O) groups is 1. The van der Waals surface area contributed by atoms with Crippen LogP contribution in [0.15, 0.2) is 40.9 Å². The van der Waals surface area contributed by atoms with Crippen molar-refractivity contribution in [3.63, 3.8) is 0 Å². The van der Waals surface area contributed by atoms with Gasteiger partial charge in [-0.25, -0.2) is 0 Å². The SMILES string of the molecule is CCn1c(Cc2cccs2)nnc1SCC(=O)Nc1ccc(C)c(C)c1. The van der Waals surface area contributed by atoms with Crippen LogP contribution in [0, 0.1) is 13.8 Å². The van der Waals surface area contributed by atoms with Crippen LogP contribution in [0.4, 0.5) is 5.69 Å². The lowest BCUT2D eigenvalue weighted by atomic mass is 10.1. The maximum absolute atomic E-state index is 12.3. The molecule has 26 heavy (non-hydrogen) atoms. The fraction of sp³-hybridized carbons (Fsp3) is 0.316. The summed E-state index contributed by atoms with van der Waals surface area (Å²) in [5.74, 6) is 1.21. The Labute approximate surface area is 161 Å². The lowest BCUT2D eigenvalue weighted by Gasteiger charge is -2.08. The highest BCUT2D eigenvalue weighted by Crippen LogP contribution is 2.21. The van der Waals surface area contributed by atoms with Crippen LogP contribution in [-0.4, -0.2) is 26.4 Å². The first kappa shape index (κ1) is 18.7. The van der Waals surface area contributed by atoms with E-state index in [1.807, 2.05) is 31.2 Å². The molecule has 0 aliphatic heterocycles. The predicted octanol–water partition coefficient (Wildman–Crippen LogP) is 4.30. The second-order valence-corrected chi connectivity index (χ2v) is 8.01. The molecule has 5 nitrogen and oxygen atoms in total. The van der Waals surface area contributed by atoms with Gasteiger partial charge in [0.2, 0.25) is 5.91 Å². The third kappa shape index (κ3) is 4.53. The minimum atomic E-state index is -0.0382. The fourth-order valence-electron chi connectivity index (χ4n) is 2.59. The van der Waals surface area contributed by atoms with Crippen LogP contribution in [0.2, 0.25) is 0 Å². The number of aryl methyl sites for hydroxylation is 2. The number of rotatable bonds is 7. The number of carbonyl (C=O) groups excluding carboxylic acids is 1. The number of thiophene rings is 1. The van der Waals surface area contributed by atoms with Crippen molar-refractivity contribution in [2.45, 2.75) is 38.9 Å². The van der Waals surface area contributed by atoms with Crippen LogP contribution >= 0.6 is 23.1 Å². The molecule has 0 saturated heterocycles. The molecule has 0 fully saturated rings. The second kappa shape index (κ2) is 8.51. The summed E-state index contributed by atoms with van der Waals surface area (Å²) in [5, 5.41) is 14.4. The van der Waals surface area contributed by atoms with Gasteiger partial charge in [0.15, 0.2) is 5.16 Å². The van der Waals surface area contributed by atoms with Crippen molar-refractivity contribution >= 4 is 34.7 Å². The molecule has 0 atom stereocenters. The highest BCUT2D eigenvalue weighted by atomic mass is 32.2. The summed E-state index contributed by atoms with van der Waals surface area (Å²) >= 11 is 3.14. The summed E-state index contributed by atoms with van der Waals surface area (Å²) in [6, 6.07) is 10.1. The molecule has 0 saturated carbocycles. The first-order valence-electron chi connectivity index (χ1n) is 8.51. The first-order chi connectivity index (χ1) is 12.6. The molecule has 0 aliphatic carbocycles. The predicted molar refractivity (Wildman–Crippen MR) is 108 cm³/mol. The van der Waals surface area contributed by atoms with Crippen LogP contribution in [0.3, 0.4) is 0 Å². The van der Waals surface area contributed by atoms with Gasteiger partial charge < -0.3 is 9.88 Å². The summed E-state index contributed by atoms with van der Waals surface area (Å²) in [4.78, 5) is 13.5. The maximum atomic E-state index is 12.3. The average Bonchev–Trinajstić information content (AvgIpc) is 3.26. The van der Waals surface area contributed by atoms with Crippen LogP contribution in [-0.2, 0) is 17.8 Å². The van der Waals surface area contributed by atoms with Gasteiger partial charge in [-0.15, -0.1) is 21.5 Å². The van der Waals surface area contributed by atoms with E-state index in [1.54, 1.807) is 11.3 Å². The number of amides is 1. The number of thioether (sulfide) groups is 1. The Bertz CT molecular complexity index is 887. The molecule has 0 radical (unpaired) electrons. The number of hydrogen-bond donors (Lipinski definition) is 1. The number of nitrogens with zero attached hydrogens (tertiary/aromatic N) is 3. The van der Waals surface area contributed by atoms with E-state index in [2.05, 4.69) is 45.4 Å². The molecule has 3 aromatic rings. The van der Waals surface area contributed by atoms with E-state index in [4.69, 9.17) is 0 Å². The number of nitrogens with one attached hydrogen (secondary N) is 1. The topological polar surface area (TPSA) is 59.8 Å². The van der Waals surface area contributed by atoms with Gasteiger partial charge >= 0.3 is 0 Å². The van der Waals surface area contributed by atoms with Crippen molar-refractivity contribution in [3.8, 4) is 0 Å². The highest BCUT2D eigenvalue weighted by Gasteiger charge is 2.14. The zero-order chi connectivity index (χ0) is 18.5. The van der Waals surface area contributed by atoms with Crippen LogP contribution < -0.4 is 5.32 Å². The van der Waals surface area contributed by atoms with Gasteiger partial charge in [0, 0.05) is 23.5 Å². The molecule has 1 aromatic carbocycles. The largest absolute Gasteiger partial charge is 0.325 e. The lowest BCUT2D eigenvalue weighted by Crippen LogP contribution is -2.15. The highest BCUT2D eigenvalue weighted by molar-refractivity contribution is 7.99. The number of hydrogen-bond acceptors (Lipinski definition) is 5. The third-order valence-corrected chi connectivity index (χ3v) is 5.99. The second-order valence-electron chi connectivity index (χ2n) is 6.04.